The minimum absolute atomic E-state index is 0.351. The van der Waals surface area contributed by atoms with Gasteiger partial charge in [-0.3, -0.25) is 4.79 Å². The van der Waals surface area contributed by atoms with Crippen LogP contribution in [0.1, 0.15) is 32.6 Å². The quantitative estimate of drug-likeness (QED) is 0.581. The van der Waals surface area contributed by atoms with E-state index in [4.69, 9.17) is 0 Å². The Morgan fingerprint density at radius 2 is 1.92 bits per heavy atom. The lowest BCUT2D eigenvalue weighted by molar-refractivity contribution is -0.130. The van der Waals surface area contributed by atoms with Crippen molar-refractivity contribution in [3.05, 3.63) is 0 Å². The summed E-state index contributed by atoms with van der Waals surface area (Å²) in [6.07, 6.45) is 4.79. The van der Waals surface area contributed by atoms with E-state index in [1.165, 1.54) is 19.3 Å². The Morgan fingerprint density at radius 1 is 1.33 bits per heavy atom. The Bertz CT molecular complexity index is 178. The number of hydrogen-bond donors (Lipinski definition) is 0. The van der Waals surface area contributed by atoms with E-state index in [9.17, 15) is 4.79 Å². The summed E-state index contributed by atoms with van der Waals surface area (Å²) in [6, 6.07) is 0. The fourth-order valence-corrected chi connectivity index (χ4v) is 2.66. The van der Waals surface area contributed by atoms with Crippen molar-refractivity contribution in [3.63, 3.8) is 0 Å². The molecule has 68 valence electrons. The first kappa shape index (κ1) is 8.09. The molecule has 2 heteroatoms. The number of nitrogens with zero attached hydrogens (tertiary/aromatic N) is 1. The molecule has 2 rings (SSSR count). The van der Waals surface area contributed by atoms with Gasteiger partial charge in [-0.05, 0) is 24.7 Å². The predicted octanol–water partition coefficient (Wildman–Crippen LogP) is 1.65. The molecule has 0 aromatic carbocycles. The molecular formula is C10H17NO. The zero-order valence-electron chi connectivity index (χ0n) is 7.75. The van der Waals surface area contributed by atoms with Crippen LogP contribution in [0.25, 0.3) is 0 Å². The third-order valence-electron chi connectivity index (χ3n) is 3.38. The minimum Gasteiger partial charge on any atom is -0.342 e. The van der Waals surface area contributed by atoms with Crippen molar-refractivity contribution in [2.24, 2.45) is 11.8 Å². The lowest BCUT2D eigenvalue weighted by Gasteiger charge is -2.15. The fraction of sp³-hybridized carbons (Fsp3) is 0.900. The summed E-state index contributed by atoms with van der Waals surface area (Å²) >= 11 is 0. The first-order chi connectivity index (χ1) is 5.81. The lowest BCUT2D eigenvalue weighted by Crippen LogP contribution is -2.28. The predicted molar refractivity (Wildman–Crippen MR) is 47.7 cm³/mol. The topological polar surface area (TPSA) is 20.3 Å². The second-order valence-corrected chi connectivity index (χ2v) is 4.10. The number of fused-ring (bicyclic) bond motifs is 1. The molecule has 0 aromatic rings. The van der Waals surface area contributed by atoms with Crippen LogP contribution in [0.5, 0.6) is 0 Å². The Balaban J connectivity index is 1.94. The van der Waals surface area contributed by atoms with Crippen molar-refractivity contribution in [2.45, 2.75) is 32.6 Å². The number of likely N-dealkylation sites (tertiary alicyclic amines) is 1. The van der Waals surface area contributed by atoms with Gasteiger partial charge in [-0.25, -0.2) is 0 Å². The highest BCUT2D eigenvalue weighted by atomic mass is 16.2. The Kier molecular flexibility index (Phi) is 2.07. The number of rotatable bonds is 1. The normalized spacial score (nSPS) is 33.9. The molecule has 0 aromatic heterocycles. The zero-order valence-corrected chi connectivity index (χ0v) is 7.75. The van der Waals surface area contributed by atoms with Crippen molar-refractivity contribution in [3.8, 4) is 0 Å². The molecule has 2 atom stereocenters. The van der Waals surface area contributed by atoms with Crippen molar-refractivity contribution in [1.82, 2.24) is 4.90 Å². The number of carbonyl (C=O) groups excluding carboxylic acids is 1. The molecule has 0 spiro atoms. The van der Waals surface area contributed by atoms with Gasteiger partial charge in [-0.15, -0.1) is 0 Å². The maximum absolute atomic E-state index is 11.4. The molecule has 0 bridgehead atoms. The molecule has 2 nitrogen and oxygen atoms in total. The van der Waals surface area contributed by atoms with Gasteiger partial charge in [0.2, 0.25) is 5.91 Å². The van der Waals surface area contributed by atoms with Crippen molar-refractivity contribution >= 4 is 5.91 Å². The van der Waals surface area contributed by atoms with Crippen LogP contribution in [0.15, 0.2) is 0 Å². The van der Waals surface area contributed by atoms with E-state index in [0.29, 0.717) is 12.3 Å². The van der Waals surface area contributed by atoms with Gasteiger partial charge in [0, 0.05) is 19.5 Å². The van der Waals surface area contributed by atoms with Crippen molar-refractivity contribution in [2.75, 3.05) is 13.1 Å². The molecule has 12 heavy (non-hydrogen) atoms. The Morgan fingerprint density at radius 3 is 2.42 bits per heavy atom. The van der Waals surface area contributed by atoms with E-state index < -0.39 is 0 Å². The first-order valence-corrected chi connectivity index (χ1v) is 5.09. The molecule has 2 fully saturated rings. The minimum atomic E-state index is 0.351. The fourth-order valence-electron chi connectivity index (χ4n) is 2.66. The van der Waals surface area contributed by atoms with Crippen molar-refractivity contribution < 1.29 is 4.79 Å². The average Bonchev–Trinajstić information content (AvgIpc) is 2.60. The number of carbonyl (C=O) groups is 1. The van der Waals surface area contributed by atoms with Crippen LogP contribution in [0.3, 0.4) is 0 Å². The maximum atomic E-state index is 11.4. The Hall–Kier alpha value is -0.530. The maximum Gasteiger partial charge on any atom is 0.222 e. The van der Waals surface area contributed by atoms with E-state index in [2.05, 4.69) is 4.90 Å². The van der Waals surface area contributed by atoms with Crippen LogP contribution in [-0.2, 0) is 4.79 Å². The molecular weight excluding hydrogens is 150 g/mol. The van der Waals surface area contributed by atoms with Crippen LogP contribution < -0.4 is 0 Å². The third kappa shape index (κ3) is 1.23. The monoisotopic (exact) mass is 167 g/mol. The molecule has 1 heterocycles. The second-order valence-electron chi connectivity index (χ2n) is 4.10. The van der Waals surface area contributed by atoms with E-state index >= 15 is 0 Å². The van der Waals surface area contributed by atoms with Crippen LogP contribution >= 0.6 is 0 Å². The highest BCUT2D eigenvalue weighted by Crippen LogP contribution is 2.37. The lowest BCUT2D eigenvalue weighted by atomic mass is 10.0. The zero-order chi connectivity index (χ0) is 8.55. The first-order valence-electron chi connectivity index (χ1n) is 5.09. The second kappa shape index (κ2) is 3.08. The molecule has 1 amide bonds. The largest absolute Gasteiger partial charge is 0.342 e. The molecule has 1 aliphatic heterocycles. The average molecular weight is 167 g/mol. The van der Waals surface area contributed by atoms with E-state index in [0.717, 1.165) is 24.9 Å². The van der Waals surface area contributed by atoms with Gasteiger partial charge in [0.25, 0.3) is 0 Å². The molecule has 1 saturated heterocycles. The summed E-state index contributed by atoms with van der Waals surface area (Å²) in [5, 5.41) is 0. The molecule has 0 radical (unpaired) electrons. The highest BCUT2D eigenvalue weighted by Gasteiger charge is 2.37. The summed E-state index contributed by atoms with van der Waals surface area (Å²) in [7, 11) is 0. The summed E-state index contributed by atoms with van der Waals surface area (Å²) in [6.45, 7) is 4.06. The van der Waals surface area contributed by atoms with E-state index in [-0.39, 0.29) is 0 Å². The van der Waals surface area contributed by atoms with E-state index in [1.807, 2.05) is 6.92 Å². The Labute approximate surface area is 73.9 Å². The number of hydrogen-bond acceptors (Lipinski definition) is 1. The van der Waals surface area contributed by atoms with Crippen LogP contribution in [-0.4, -0.2) is 23.9 Å². The highest BCUT2D eigenvalue weighted by molar-refractivity contribution is 5.76. The van der Waals surface area contributed by atoms with E-state index in [1.54, 1.807) is 0 Å². The number of amides is 1. The van der Waals surface area contributed by atoms with Gasteiger partial charge in [0.05, 0.1) is 0 Å². The summed E-state index contributed by atoms with van der Waals surface area (Å²) < 4.78 is 0. The smallest absolute Gasteiger partial charge is 0.222 e. The molecule has 1 saturated carbocycles. The van der Waals surface area contributed by atoms with Gasteiger partial charge >= 0.3 is 0 Å². The SMILES string of the molecule is CCC(=O)N1CC2CCCC2C1. The molecule has 0 N–H and O–H groups in total. The molecule has 2 aliphatic rings. The molecule has 1 aliphatic carbocycles. The third-order valence-corrected chi connectivity index (χ3v) is 3.38. The van der Waals surface area contributed by atoms with Crippen LogP contribution in [0.4, 0.5) is 0 Å². The molecule has 2 unspecified atom stereocenters. The van der Waals surface area contributed by atoms with Crippen LogP contribution in [0.2, 0.25) is 0 Å². The van der Waals surface area contributed by atoms with Gasteiger partial charge in [-0.2, -0.15) is 0 Å². The van der Waals surface area contributed by atoms with Gasteiger partial charge in [0.1, 0.15) is 0 Å². The summed E-state index contributed by atoms with van der Waals surface area (Å²) in [5.41, 5.74) is 0. The standard InChI is InChI=1S/C10H17NO/c1-2-10(12)11-6-8-4-3-5-9(8)7-11/h8-9H,2-7H2,1H3. The van der Waals surface area contributed by atoms with Gasteiger partial charge in [-0.1, -0.05) is 13.3 Å². The summed E-state index contributed by atoms with van der Waals surface area (Å²) in [4.78, 5) is 13.4. The van der Waals surface area contributed by atoms with Gasteiger partial charge in [0.15, 0.2) is 0 Å². The van der Waals surface area contributed by atoms with Gasteiger partial charge < -0.3 is 4.90 Å². The van der Waals surface area contributed by atoms with Crippen LogP contribution in [0, 0.1) is 11.8 Å². The van der Waals surface area contributed by atoms with Crippen molar-refractivity contribution in [1.29, 1.82) is 0 Å². The summed E-state index contributed by atoms with van der Waals surface area (Å²) in [5.74, 6) is 2.05.